The Morgan fingerprint density at radius 1 is 1.00 bits per heavy atom. The monoisotopic (exact) mass is 266 g/mol. The fourth-order valence-electron chi connectivity index (χ4n) is 2.30. The second kappa shape index (κ2) is 5.14. The summed E-state index contributed by atoms with van der Waals surface area (Å²) in [6.45, 7) is 0. The molecule has 3 rings (SSSR count). The maximum Gasteiger partial charge on any atom is 0.166 e. The van der Waals surface area contributed by atoms with E-state index in [0.29, 0.717) is 11.5 Å². The van der Waals surface area contributed by atoms with Gasteiger partial charge in [-0.2, -0.15) is 0 Å². The van der Waals surface area contributed by atoms with E-state index in [9.17, 15) is 0 Å². The summed E-state index contributed by atoms with van der Waals surface area (Å²) in [5.41, 5.74) is 4.26. The highest BCUT2D eigenvalue weighted by atomic mass is 16.5. The number of methoxy groups -OCH3 is 1. The van der Waals surface area contributed by atoms with Crippen LogP contribution in [0.5, 0.6) is 5.75 Å². The summed E-state index contributed by atoms with van der Waals surface area (Å²) >= 11 is 0. The Morgan fingerprint density at radius 3 is 2.50 bits per heavy atom. The molecule has 5 heteroatoms. The number of fused-ring (bicyclic) bond motifs is 1. The van der Waals surface area contributed by atoms with Gasteiger partial charge < -0.3 is 10.2 Å². The van der Waals surface area contributed by atoms with E-state index in [1.807, 2.05) is 36.4 Å². The van der Waals surface area contributed by atoms with E-state index in [1.165, 1.54) is 0 Å². The van der Waals surface area contributed by atoms with E-state index in [4.69, 9.17) is 10.6 Å². The number of ether oxygens (including phenoxy) is 1. The lowest BCUT2D eigenvalue weighted by Crippen LogP contribution is -2.10. The molecule has 0 radical (unpaired) electrons. The molecular weight excluding hydrogens is 252 g/mol. The molecule has 0 spiro atoms. The molecule has 0 saturated heterocycles. The van der Waals surface area contributed by atoms with E-state index in [2.05, 4.69) is 15.4 Å². The van der Waals surface area contributed by atoms with Crippen LogP contribution in [0.25, 0.3) is 22.0 Å². The van der Waals surface area contributed by atoms with E-state index < -0.39 is 0 Å². The van der Waals surface area contributed by atoms with Gasteiger partial charge in [-0.05, 0) is 17.5 Å². The Morgan fingerprint density at radius 2 is 1.75 bits per heavy atom. The number of hydrogen-bond acceptors (Lipinski definition) is 5. The second-order valence-electron chi connectivity index (χ2n) is 4.26. The van der Waals surface area contributed by atoms with Crippen molar-refractivity contribution in [3.63, 3.8) is 0 Å². The molecule has 100 valence electrons. The van der Waals surface area contributed by atoms with E-state index in [1.54, 1.807) is 19.5 Å². The van der Waals surface area contributed by atoms with Gasteiger partial charge in [-0.3, -0.25) is 4.98 Å². The molecule has 0 saturated carbocycles. The lowest BCUT2D eigenvalue weighted by atomic mass is 10.0. The molecule has 3 N–H and O–H groups in total. The molecule has 0 atom stereocenters. The summed E-state index contributed by atoms with van der Waals surface area (Å²) in [7, 11) is 1.66. The molecule has 0 bridgehead atoms. The summed E-state index contributed by atoms with van der Waals surface area (Å²) in [4.78, 5) is 8.57. The fourth-order valence-corrected chi connectivity index (χ4v) is 2.30. The van der Waals surface area contributed by atoms with Gasteiger partial charge >= 0.3 is 0 Å². The molecule has 0 aliphatic heterocycles. The summed E-state index contributed by atoms with van der Waals surface area (Å²) in [6.07, 6.45) is 3.25. The highest BCUT2D eigenvalue weighted by molar-refractivity contribution is 6.00. The van der Waals surface area contributed by atoms with Crippen molar-refractivity contribution in [2.75, 3.05) is 12.5 Å². The van der Waals surface area contributed by atoms with Crippen molar-refractivity contribution < 1.29 is 4.74 Å². The minimum atomic E-state index is 0.544. The molecule has 0 aliphatic rings. The van der Waals surface area contributed by atoms with Crippen LogP contribution < -0.4 is 16.0 Å². The minimum absolute atomic E-state index is 0.544. The van der Waals surface area contributed by atoms with E-state index >= 15 is 0 Å². The number of nitrogens with two attached hydrogens (primary N) is 1. The van der Waals surface area contributed by atoms with Crippen LogP contribution in [0, 0.1) is 0 Å². The van der Waals surface area contributed by atoms with Crippen molar-refractivity contribution in [3.05, 3.63) is 48.8 Å². The zero-order valence-electron chi connectivity index (χ0n) is 11.0. The van der Waals surface area contributed by atoms with Crippen LogP contribution in [0.1, 0.15) is 0 Å². The van der Waals surface area contributed by atoms with Gasteiger partial charge in [0.25, 0.3) is 0 Å². The van der Waals surface area contributed by atoms with Gasteiger partial charge in [0.15, 0.2) is 5.82 Å². The number of nitrogen functional groups attached to an aromatic ring is 1. The molecule has 1 heterocycles. The molecule has 0 fully saturated rings. The van der Waals surface area contributed by atoms with Crippen LogP contribution in [-0.2, 0) is 0 Å². The summed E-state index contributed by atoms with van der Waals surface area (Å²) in [5.74, 6) is 6.88. The van der Waals surface area contributed by atoms with E-state index in [-0.39, 0.29) is 0 Å². The standard InChI is InChI=1S/C15H14N4O/c1-20-13-7-6-12(10-4-2-3-5-11(10)13)14-15(19-16)18-9-8-17-14/h2-9H,16H2,1H3,(H,18,19). The van der Waals surface area contributed by atoms with Gasteiger partial charge in [-0.25, -0.2) is 10.8 Å². The predicted molar refractivity (Wildman–Crippen MR) is 79.3 cm³/mol. The molecule has 5 nitrogen and oxygen atoms in total. The molecule has 2 aromatic carbocycles. The van der Waals surface area contributed by atoms with Crippen LogP contribution in [-0.4, -0.2) is 17.1 Å². The highest BCUT2D eigenvalue weighted by Gasteiger charge is 2.12. The van der Waals surface area contributed by atoms with Gasteiger partial charge in [-0.1, -0.05) is 24.3 Å². The quantitative estimate of drug-likeness (QED) is 0.563. The SMILES string of the molecule is COc1ccc(-c2nccnc2NN)c2ccccc12. The summed E-state index contributed by atoms with van der Waals surface area (Å²) < 4.78 is 5.40. The van der Waals surface area contributed by atoms with Crippen LogP contribution in [0.3, 0.4) is 0 Å². The smallest absolute Gasteiger partial charge is 0.166 e. The highest BCUT2D eigenvalue weighted by Crippen LogP contribution is 2.35. The van der Waals surface area contributed by atoms with Crippen LogP contribution in [0.15, 0.2) is 48.8 Å². The van der Waals surface area contributed by atoms with Crippen LogP contribution >= 0.6 is 0 Å². The Balaban J connectivity index is 2.32. The molecule has 20 heavy (non-hydrogen) atoms. The maximum absolute atomic E-state index is 5.51. The molecular formula is C15H14N4O. The van der Waals surface area contributed by atoms with Crippen molar-refractivity contribution in [1.29, 1.82) is 0 Å². The van der Waals surface area contributed by atoms with Crippen molar-refractivity contribution in [2.45, 2.75) is 0 Å². The Labute approximate surface area is 116 Å². The van der Waals surface area contributed by atoms with Gasteiger partial charge in [-0.15, -0.1) is 0 Å². The molecule has 0 aliphatic carbocycles. The van der Waals surface area contributed by atoms with Crippen LogP contribution in [0.2, 0.25) is 0 Å². The predicted octanol–water partition coefficient (Wildman–Crippen LogP) is 2.59. The number of aromatic nitrogens is 2. The number of hydrogen-bond donors (Lipinski definition) is 2. The largest absolute Gasteiger partial charge is 0.496 e. The first-order chi connectivity index (χ1) is 9.85. The molecule has 3 aromatic rings. The van der Waals surface area contributed by atoms with Gasteiger partial charge in [0.1, 0.15) is 11.4 Å². The lowest BCUT2D eigenvalue weighted by molar-refractivity contribution is 0.420. The minimum Gasteiger partial charge on any atom is -0.496 e. The third-order valence-electron chi connectivity index (χ3n) is 3.19. The number of benzene rings is 2. The number of rotatable bonds is 3. The Hall–Kier alpha value is -2.66. The van der Waals surface area contributed by atoms with Crippen molar-refractivity contribution in [3.8, 4) is 17.0 Å². The first-order valence-electron chi connectivity index (χ1n) is 6.19. The Kier molecular flexibility index (Phi) is 3.18. The number of hydrazine groups is 1. The topological polar surface area (TPSA) is 73.1 Å². The zero-order chi connectivity index (χ0) is 13.9. The Bertz CT molecular complexity index is 758. The lowest BCUT2D eigenvalue weighted by Gasteiger charge is -2.12. The first kappa shape index (κ1) is 12.4. The normalized spacial score (nSPS) is 10.5. The average molecular weight is 266 g/mol. The second-order valence-corrected chi connectivity index (χ2v) is 4.26. The average Bonchev–Trinajstić information content (AvgIpc) is 2.53. The fraction of sp³-hybridized carbons (Fsp3) is 0.0667. The van der Waals surface area contributed by atoms with Crippen LogP contribution in [0.4, 0.5) is 5.82 Å². The molecule has 1 aromatic heterocycles. The zero-order valence-corrected chi connectivity index (χ0v) is 11.0. The van der Waals surface area contributed by atoms with Crippen molar-refractivity contribution >= 4 is 16.6 Å². The number of nitrogens with one attached hydrogen (secondary N) is 1. The first-order valence-corrected chi connectivity index (χ1v) is 6.19. The maximum atomic E-state index is 5.51. The van der Waals surface area contributed by atoms with Crippen molar-refractivity contribution in [1.82, 2.24) is 9.97 Å². The van der Waals surface area contributed by atoms with E-state index in [0.717, 1.165) is 22.1 Å². The third-order valence-corrected chi connectivity index (χ3v) is 3.19. The van der Waals surface area contributed by atoms with Gasteiger partial charge in [0, 0.05) is 23.3 Å². The molecule has 0 amide bonds. The third kappa shape index (κ3) is 1.94. The summed E-state index contributed by atoms with van der Waals surface area (Å²) in [5, 5.41) is 2.07. The number of anilines is 1. The van der Waals surface area contributed by atoms with Gasteiger partial charge in [0.2, 0.25) is 0 Å². The van der Waals surface area contributed by atoms with Gasteiger partial charge in [0.05, 0.1) is 7.11 Å². The molecule has 0 unspecified atom stereocenters. The summed E-state index contributed by atoms with van der Waals surface area (Å²) in [6, 6.07) is 11.9. The number of nitrogens with zero attached hydrogens (tertiary/aromatic N) is 2. The van der Waals surface area contributed by atoms with Crippen molar-refractivity contribution in [2.24, 2.45) is 5.84 Å².